The minimum Gasteiger partial charge on any atom is -0.461 e. The van der Waals surface area contributed by atoms with E-state index in [2.05, 4.69) is 11.9 Å². The van der Waals surface area contributed by atoms with E-state index in [1.54, 1.807) is 4.90 Å². The monoisotopic (exact) mass is 557 g/mol. The number of carbonyl (C=O) groups is 4. The van der Waals surface area contributed by atoms with Crippen molar-refractivity contribution >= 4 is 23.4 Å². The Kier molecular flexibility index (Phi) is 12.6. The number of amides is 1. The fourth-order valence-corrected chi connectivity index (χ4v) is 6.01. The van der Waals surface area contributed by atoms with Crippen molar-refractivity contribution in [1.29, 1.82) is 0 Å². The average Bonchev–Trinajstić information content (AvgIpc) is 3.47. The lowest BCUT2D eigenvalue weighted by Crippen LogP contribution is -2.46. The Morgan fingerprint density at radius 2 is 1.77 bits per heavy atom. The number of ether oxygens (including phenoxy) is 1. The number of halogens is 1. The number of nitrogens with two attached hydrogens (primary N) is 1. The molecular formula is C31H44FN3O5. The van der Waals surface area contributed by atoms with Gasteiger partial charge in [0.05, 0.1) is 24.2 Å². The van der Waals surface area contributed by atoms with Crippen molar-refractivity contribution in [3.8, 4) is 0 Å². The van der Waals surface area contributed by atoms with Gasteiger partial charge in [0.2, 0.25) is 5.91 Å². The number of nitrogens with one attached hydrogen (secondary N) is 1. The van der Waals surface area contributed by atoms with Gasteiger partial charge < -0.3 is 20.7 Å². The van der Waals surface area contributed by atoms with Gasteiger partial charge in [-0.05, 0) is 50.0 Å². The summed E-state index contributed by atoms with van der Waals surface area (Å²) in [4.78, 5) is 54.1. The van der Waals surface area contributed by atoms with E-state index in [9.17, 15) is 23.6 Å². The van der Waals surface area contributed by atoms with Crippen molar-refractivity contribution in [2.75, 3.05) is 19.8 Å². The number of hydrogen-bond acceptors (Lipinski definition) is 7. The molecule has 3 N–H and O–H groups in total. The van der Waals surface area contributed by atoms with E-state index in [0.29, 0.717) is 44.6 Å². The second-order valence-electron chi connectivity index (χ2n) is 11.1. The van der Waals surface area contributed by atoms with E-state index < -0.39 is 36.3 Å². The Bertz CT molecular complexity index is 1010. The van der Waals surface area contributed by atoms with Crippen LogP contribution in [0, 0.1) is 17.8 Å². The van der Waals surface area contributed by atoms with Crippen LogP contribution in [-0.2, 0) is 30.5 Å². The molecule has 1 saturated heterocycles. The summed E-state index contributed by atoms with van der Waals surface area (Å²) in [6.45, 7) is 3.48. The smallest absolute Gasteiger partial charge is 0.306 e. The first-order valence-corrected chi connectivity index (χ1v) is 14.6. The molecule has 1 amide bonds. The minimum absolute atomic E-state index is 0.0177. The van der Waals surface area contributed by atoms with Gasteiger partial charge in [-0.3, -0.25) is 19.2 Å². The molecule has 3 rings (SSSR count). The third kappa shape index (κ3) is 9.45. The largest absolute Gasteiger partial charge is 0.461 e. The maximum absolute atomic E-state index is 13.9. The van der Waals surface area contributed by atoms with Crippen LogP contribution in [0.15, 0.2) is 42.7 Å². The Balaban J connectivity index is 1.66. The molecular weight excluding hydrogens is 513 g/mol. The number of nitrogens with zero attached hydrogens (tertiary/aromatic N) is 1. The van der Waals surface area contributed by atoms with E-state index in [0.717, 1.165) is 37.7 Å². The van der Waals surface area contributed by atoms with Crippen LogP contribution >= 0.6 is 0 Å². The van der Waals surface area contributed by atoms with E-state index >= 15 is 0 Å². The SMILES string of the molecule is C=C(N)NCCC[C@H](CC(=O)[C@@H]1CCCN1C(=O)[C@@H](CC(=O)OCc1ccccc1)C1CCCCC1)C(=O)CF. The summed E-state index contributed by atoms with van der Waals surface area (Å²) in [7, 11) is 0. The van der Waals surface area contributed by atoms with Gasteiger partial charge in [0.25, 0.3) is 0 Å². The lowest BCUT2D eigenvalue weighted by Gasteiger charge is -2.34. The molecule has 1 saturated carbocycles. The summed E-state index contributed by atoms with van der Waals surface area (Å²) in [6.07, 6.45) is 6.79. The van der Waals surface area contributed by atoms with Crippen LogP contribution in [0.1, 0.15) is 76.2 Å². The number of rotatable bonds is 16. The topological polar surface area (TPSA) is 119 Å². The van der Waals surface area contributed by atoms with Gasteiger partial charge in [0.1, 0.15) is 13.3 Å². The summed E-state index contributed by atoms with van der Waals surface area (Å²) in [6, 6.07) is 8.75. The number of Topliss-reactive ketones (excluding diaryl/α,β-unsaturated/α-hetero) is 2. The maximum Gasteiger partial charge on any atom is 0.306 e. The fourth-order valence-electron chi connectivity index (χ4n) is 6.01. The predicted molar refractivity (Wildman–Crippen MR) is 150 cm³/mol. The first-order valence-electron chi connectivity index (χ1n) is 14.6. The number of alkyl halides is 1. The molecule has 1 aromatic rings. The van der Waals surface area contributed by atoms with Crippen LogP contribution in [0.2, 0.25) is 0 Å². The standard InChI is InChI=1S/C31H44FN3O5/c1-22(33)34-16-8-14-25(29(37)20-32)18-28(36)27-15-9-17-35(27)31(39)26(24-12-6-3-7-13-24)19-30(38)40-21-23-10-4-2-5-11-23/h2,4-5,10-11,24-27,34H,1,3,6-9,12-21,33H2/t25-,26+,27+/m1/s1. The van der Waals surface area contributed by atoms with Gasteiger partial charge in [-0.15, -0.1) is 0 Å². The first kappa shape index (κ1) is 31.3. The summed E-state index contributed by atoms with van der Waals surface area (Å²) >= 11 is 0. The highest BCUT2D eigenvalue weighted by Crippen LogP contribution is 2.35. The molecule has 40 heavy (non-hydrogen) atoms. The lowest BCUT2D eigenvalue weighted by molar-refractivity contribution is -0.152. The Morgan fingerprint density at radius 3 is 2.45 bits per heavy atom. The molecule has 0 spiro atoms. The minimum atomic E-state index is -1.13. The van der Waals surface area contributed by atoms with Crippen molar-refractivity contribution < 1.29 is 28.3 Å². The molecule has 8 nitrogen and oxygen atoms in total. The van der Waals surface area contributed by atoms with Gasteiger partial charge in [-0.25, -0.2) is 4.39 Å². The van der Waals surface area contributed by atoms with Gasteiger partial charge >= 0.3 is 5.97 Å². The highest BCUT2D eigenvalue weighted by Gasteiger charge is 2.41. The molecule has 3 atom stereocenters. The molecule has 9 heteroatoms. The Morgan fingerprint density at radius 1 is 1.05 bits per heavy atom. The zero-order valence-electron chi connectivity index (χ0n) is 23.5. The second kappa shape index (κ2) is 16.1. The van der Waals surface area contributed by atoms with Crippen LogP contribution in [0.5, 0.6) is 0 Å². The molecule has 0 bridgehead atoms. The summed E-state index contributed by atoms with van der Waals surface area (Å²) in [5, 5.41) is 2.87. The average molecular weight is 558 g/mol. The molecule has 1 aliphatic heterocycles. The maximum atomic E-state index is 13.9. The van der Waals surface area contributed by atoms with Gasteiger partial charge in [0.15, 0.2) is 11.6 Å². The van der Waals surface area contributed by atoms with E-state index in [-0.39, 0.29) is 37.1 Å². The van der Waals surface area contributed by atoms with Crippen LogP contribution in [-0.4, -0.2) is 54.1 Å². The second-order valence-corrected chi connectivity index (χ2v) is 11.1. The quantitative estimate of drug-likeness (QED) is 0.231. The van der Waals surface area contributed by atoms with Gasteiger partial charge in [0, 0.05) is 25.4 Å². The summed E-state index contributed by atoms with van der Waals surface area (Å²) in [5.74, 6) is -2.34. The molecule has 1 aromatic carbocycles. The number of ketones is 2. The molecule has 220 valence electrons. The molecule has 0 radical (unpaired) electrons. The van der Waals surface area contributed by atoms with Crippen molar-refractivity contribution in [3.05, 3.63) is 48.3 Å². The van der Waals surface area contributed by atoms with Crippen LogP contribution in [0.3, 0.4) is 0 Å². The Labute approximate surface area is 236 Å². The van der Waals surface area contributed by atoms with Crippen LogP contribution in [0.25, 0.3) is 0 Å². The van der Waals surface area contributed by atoms with Crippen LogP contribution < -0.4 is 11.1 Å². The summed E-state index contributed by atoms with van der Waals surface area (Å²) < 4.78 is 18.8. The normalized spacial score (nSPS) is 19.0. The zero-order chi connectivity index (χ0) is 28.9. The number of esters is 1. The lowest BCUT2D eigenvalue weighted by atomic mass is 9.77. The molecule has 1 aliphatic carbocycles. The predicted octanol–water partition coefficient (Wildman–Crippen LogP) is 4.22. The van der Waals surface area contributed by atoms with E-state index in [1.807, 2.05) is 30.3 Å². The van der Waals surface area contributed by atoms with Crippen molar-refractivity contribution in [2.24, 2.45) is 23.5 Å². The van der Waals surface area contributed by atoms with Gasteiger partial charge in [-0.1, -0.05) is 56.2 Å². The highest BCUT2D eigenvalue weighted by atomic mass is 19.1. The molecule has 2 fully saturated rings. The third-order valence-corrected chi connectivity index (χ3v) is 8.19. The fraction of sp³-hybridized carbons (Fsp3) is 0.613. The van der Waals surface area contributed by atoms with Crippen molar-refractivity contribution in [3.63, 3.8) is 0 Å². The van der Waals surface area contributed by atoms with E-state index in [1.165, 1.54) is 0 Å². The number of carbonyl (C=O) groups excluding carboxylic acids is 4. The first-order chi connectivity index (χ1) is 19.3. The molecule has 0 unspecified atom stereocenters. The Hall–Kier alpha value is -3.23. The summed E-state index contributed by atoms with van der Waals surface area (Å²) in [5.41, 5.74) is 6.38. The third-order valence-electron chi connectivity index (χ3n) is 8.19. The van der Waals surface area contributed by atoms with Gasteiger partial charge in [-0.2, -0.15) is 0 Å². The molecule has 1 heterocycles. The zero-order valence-corrected chi connectivity index (χ0v) is 23.5. The van der Waals surface area contributed by atoms with Crippen molar-refractivity contribution in [1.82, 2.24) is 10.2 Å². The number of hydrogen-bond donors (Lipinski definition) is 2. The van der Waals surface area contributed by atoms with E-state index in [4.69, 9.17) is 10.5 Å². The number of benzene rings is 1. The molecule has 2 aliphatic rings. The molecule has 0 aromatic heterocycles. The van der Waals surface area contributed by atoms with Crippen LogP contribution in [0.4, 0.5) is 4.39 Å². The number of likely N-dealkylation sites (tertiary alicyclic amines) is 1. The van der Waals surface area contributed by atoms with Crippen molar-refractivity contribution in [2.45, 2.75) is 83.3 Å². The highest BCUT2D eigenvalue weighted by molar-refractivity contribution is 5.94.